The summed E-state index contributed by atoms with van der Waals surface area (Å²) < 4.78 is 27.0. The van der Waals surface area contributed by atoms with Crippen molar-refractivity contribution in [3.8, 4) is 5.75 Å². The van der Waals surface area contributed by atoms with Crippen LogP contribution < -0.4 is 15.4 Å². The Hall–Kier alpha value is -2.95. The first-order valence-corrected chi connectivity index (χ1v) is 12.8. The van der Waals surface area contributed by atoms with E-state index in [-0.39, 0.29) is 34.4 Å². The molecule has 9 nitrogen and oxygen atoms in total. The van der Waals surface area contributed by atoms with Crippen molar-refractivity contribution in [1.29, 1.82) is 0 Å². The Morgan fingerprint density at radius 3 is 2.18 bits per heavy atom. The van der Waals surface area contributed by atoms with Crippen LogP contribution in [-0.2, 0) is 19.6 Å². The molecule has 4 N–H and O–H groups in total. The number of rotatable bonds is 8. The second-order valence-electron chi connectivity index (χ2n) is 8.78. The number of phenols is 1. The Labute approximate surface area is 200 Å². The van der Waals surface area contributed by atoms with Gasteiger partial charge in [-0.05, 0) is 83.1 Å². The molecule has 0 aromatic heterocycles. The molecule has 1 saturated heterocycles. The smallest absolute Gasteiger partial charge is 0.241 e. The van der Waals surface area contributed by atoms with E-state index < -0.39 is 16.1 Å². The first-order chi connectivity index (χ1) is 16.1. The molecule has 1 fully saturated rings. The summed E-state index contributed by atoms with van der Waals surface area (Å²) in [5, 5.41) is 15.4. The summed E-state index contributed by atoms with van der Waals surface area (Å²) in [5.41, 5.74) is 0.902. The van der Waals surface area contributed by atoms with Gasteiger partial charge in [-0.3, -0.25) is 14.5 Å². The van der Waals surface area contributed by atoms with E-state index in [1.165, 1.54) is 18.2 Å². The fourth-order valence-corrected chi connectivity index (χ4v) is 5.12. The molecule has 0 bridgehead atoms. The van der Waals surface area contributed by atoms with Gasteiger partial charge in [0.2, 0.25) is 21.8 Å². The number of carbonyl (C=O) groups is 2. The van der Waals surface area contributed by atoms with Gasteiger partial charge in [-0.15, -0.1) is 0 Å². The normalized spacial score (nSPS) is 16.2. The monoisotopic (exact) mass is 488 g/mol. The molecule has 1 aliphatic rings. The zero-order valence-corrected chi connectivity index (χ0v) is 20.4. The zero-order valence-electron chi connectivity index (χ0n) is 19.6. The minimum atomic E-state index is -3.59. The van der Waals surface area contributed by atoms with Crippen molar-refractivity contribution in [2.24, 2.45) is 5.92 Å². The maximum absolute atomic E-state index is 12.7. The summed E-state index contributed by atoms with van der Waals surface area (Å²) in [7, 11) is -3.59. The van der Waals surface area contributed by atoms with Crippen LogP contribution in [0.3, 0.4) is 0 Å². The second kappa shape index (κ2) is 11.0. The van der Waals surface area contributed by atoms with E-state index in [0.717, 1.165) is 0 Å². The minimum Gasteiger partial charge on any atom is -0.506 e. The molecule has 0 radical (unpaired) electrons. The quantitative estimate of drug-likeness (QED) is 0.423. The molecule has 1 atom stereocenters. The molecule has 34 heavy (non-hydrogen) atoms. The van der Waals surface area contributed by atoms with Crippen molar-refractivity contribution in [3.63, 3.8) is 0 Å². The van der Waals surface area contributed by atoms with Gasteiger partial charge in [0, 0.05) is 17.6 Å². The van der Waals surface area contributed by atoms with Crippen LogP contribution in [0.15, 0.2) is 53.4 Å². The molecule has 2 aromatic carbocycles. The fourth-order valence-electron chi connectivity index (χ4n) is 3.87. The van der Waals surface area contributed by atoms with Crippen molar-refractivity contribution in [1.82, 2.24) is 9.62 Å². The second-order valence-corrected chi connectivity index (χ2v) is 10.5. The largest absolute Gasteiger partial charge is 0.506 e. The number of amides is 2. The molecular formula is C24H32N4O5S. The molecular weight excluding hydrogens is 456 g/mol. The number of nitrogens with zero attached hydrogens (tertiary/aromatic N) is 1. The van der Waals surface area contributed by atoms with Gasteiger partial charge in [-0.1, -0.05) is 12.1 Å². The van der Waals surface area contributed by atoms with Crippen LogP contribution >= 0.6 is 0 Å². The Balaban J connectivity index is 1.51. The first kappa shape index (κ1) is 25.7. The highest BCUT2D eigenvalue weighted by atomic mass is 32.2. The number of aromatic hydroxyl groups is 1. The third kappa shape index (κ3) is 6.55. The average molecular weight is 489 g/mol. The average Bonchev–Trinajstić information content (AvgIpc) is 2.79. The highest BCUT2D eigenvalue weighted by Gasteiger charge is 2.30. The lowest BCUT2D eigenvalue weighted by Crippen LogP contribution is -2.47. The molecule has 2 aromatic rings. The van der Waals surface area contributed by atoms with Gasteiger partial charge in [-0.25, -0.2) is 13.1 Å². The topological polar surface area (TPSA) is 128 Å². The molecule has 1 heterocycles. The van der Waals surface area contributed by atoms with Crippen LogP contribution in [0.25, 0.3) is 0 Å². The van der Waals surface area contributed by atoms with Crippen molar-refractivity contribution < 1.29 is 23.1 Å². The van der Waals surface area contributed by atoms with Crippen molar-refractivity contribution in [2.75, 3.05) is 23.7 Å². The highest BCUT2D eigenvalue weighted by Crippen LogP contribution is 2.25. The van der Waals surface area contributed by atoms with Crippen LogP contribution in [0.1, 0.15) is 33.6 Å². The summed E-state index contributed by atoms with van der Waals surface area (Å²) in [5.74, 6) is -0.506. The van der Waals surface area contributed by atoms with Gasteiger partial charge in [-0.2, -0.15) is 0 Å². The number of likely N-dealkylation sites (tertiary alicyclic amines) is 1. The SMILES string of the molecule is CC(C)NS(=O)(=O)c1ccc(NC(=O)C(C)N2CCC(C(=O)Nc3ccccc3O)CC2)cc1. The Kier molecular flexibility index (Phi) is 8.29. The Bertz CT molecular complexity index is 1110. The van der Waals surface area contributed by atoms with Crippen LogP contribution in [-0.4, -0.2) is 55.4 Å². The lowest BCUT2D eigenvalue weighted by molar-refractivity contribution is -0.123. The predicted molar refractivity (Wildman–Crippen MR) is 131 cm³/mol. The molecule has 3 rings (SSSR count). The van der Waals surface area contributed by atoms with Crippen molar-refractivity contribution >= 4 is 33.2 Å². The molecule has 184 valence electrons. The number of hydrogen-bond donors (Lipinski definition) is 4. The third-order valence-electron chi connectivity index (χ3n) is 5.81. The lowest BCUT2D eigenvalue weighted by Gasteiger charge is -2.34. The zero-order chi connectivity index (χ0) is 24.9. The van der Waals surface area contributed by atoms with Crippen LogP contribution in [0.2, 0.25) is 0 Å². The summed E-state index contributed by atoms with van der Waals surface area (Å²) >= 11 is 0. The number of anilines is 2. The Morgan fingerprint density at radius 2 is 1.59 bits per heavy atom. The van der Waals surface area contributed by atoms with Gasteiger partial charge in [0.1, 0.15) is 5.75 Å². The molecule has 1 aliphatic heterocycles. The van der Waals surface area contributed by atoms with E-state index in [1.54, 1.807) is 44.2 Å². The number of nitrogens with one attached hydrogen (secondary N) is 3. The predicted octanol–water partition coefficient (Wildman–Crippen LogP) is 2.76. The van der Waals surface area contributed by atoms with Gasteiger partial charge in [0.15, 0.2) is 0 Å². The van der Waals surface area contributed by atoms with E-state index >= 15 is 0 Å². The summed E-state index contributed by atoms with van der Waals surface area (Å²) in [6.07, 6.45) is 1.21. The lowest BCUT2D eigenvalue weighted by atomic mass is 9.94. The number of carbonyl (C=O) groups excluding carboxylic acids is 2. The standard InChI is InChI=1S/C24H32N4O5S/c1-16(2)27-34(32,33)20-10-8-19(9-11-20)25-23(30)17(3)28-14-12-18(13-15-28)24(31)26-21-6-4-5-7-22(21)29/h4-11,16-18,27,29H,12-15H2,1-3H3,(H,25,30)(H,26,31). The van der Waals surface area contributed by atoms with Gasteiger partial charge < -0.3 is 15.7 Å². The van der Waals surface area contributed by atoms with Crippen molar-refractivity contribution in [3.05, 3.63) is 48.5 Å². The maximum atomic E-state index is 12.7. The van der Waals surface area contributed by atoms with Gasteiger partial charge in [0.25, 0.3) is 0 Å². The van der Waals surface area contributed by atoms with E-state index in [2.05, 4.69) is 15.4 Å². The fraction of sp³-hybridized carbons (Fsp3) is 0.417. The molecule has 0 spiro atoms. The van der Waals surface area contributed by atoms with E-state index in [1.807, 2.05) is 11.8 Å². The number of piperidine rings is 1. The summed E-state index contributed by atoms with van der Waals surface area (Å²) in [6, 6.07) is 12.0. The van der Waals surface area contributed by atoms with E-state index in [0.29, 0.717) is 37.3 Å². The van der Waals surface area contributed by atoms with E-state index in [4.69, 9.17) is 0 Å². The maximum Gasteiger partial charge on any atom is 0.241 e. The molecule has 2 amide bonds. The molecule has 10 heteroatoms. The number of benzene rings is 2. The minimum absolute atomic E-state index is 0.0281. The number of phenolic OH excluding ortho intramolecular Hbond substituents is 1. The summed E-state index contributed by atoms with van der Waals surface area (Å²) in [4.78, 5) is 27.5. The van der Waals surface area contributed by atoms with Crippen LogP contribution in [0, 0.1) is 5.92 Å². The molecule has 1 unspecified atom stereocenters. The first-order valence-electron chi connectivity index (χ1n) is 11.3. The van der Waals surface area contributed by atoms with E-state index in [9.17, 15) is 23.1 Å². The van der Waals surface area contributed by atoms with Gasteiger partial charge >= 0.3 is 0 Å². The summed E-state index contributed by atoms with van der Waals surface area (Å²) in [6.45, 7) is 6.48. The number of hydrogen-bond acceptors (Lipinski definition) is 6. The molecule has 0 aliphatic carbocycles. The Morgan fingerprint density at radius 1 is 0.971 bits per heavy atom. The molecule has 0 saturated carbocycles. The van der Waals surface area contributed by atoms with Crippen molar-refractivity contribution in [2.45, 2.75) is 50.6 Å². The van der Waals surface area contributed by atoms with Crippen LogP contribution in [0.4, 0.5) is 11.4 Å². The number of para-hydroxylation sites is 2. The highest BCUT2D eigenvalue weighted by molar-refractivity contribution is 7.89. The third-order valence-corrected chi connectivity index (χ3v) is 7.49. The van der Waals surface area contributed by atoms with Crippen LogP contribution in [0.5, 0.6) is 5.75 Å². The van der Waals surface area contributed by atoms with Gasteiger partial charge in [0.05, 0.1) is 16.6 Å². The number of sulfonamides is 1.